The zero-order valence-corrected chi connectivity index (χ0v) is 10.5. The van der Waals surface area contributed by atoms with Crippen LogP contribution in [-0.2, 0) is 4.79 Å². The van der Waals surface area contributed by atoms with Crippen LogP contribution in [0.1, 0.15) is 26.7 Å². The molecule has 2 N–H and O–H groups in total. The van der Waals surface area contributed by atoms with E-state index in [1.54, 1.807) is 0 Å². The highest BCUT2D eigenvalue weighted by atomic mass is 32.2. The summed E-state index contributed by atoms with van der Waals surface area (Å²) in [4.78, 5) is 11.4. The first-order chi connectivity index (χ1) is 7.18. The predicted molar refractivity (Wildman–Crippen MR) is 66.2 cm³/mol. The second-order valence-electron chi connectivity index (χ2n) is 4.49. The molecule has 0 spiro atoms. The van der Waals surface area contributed by atoms with E-state index in [0.717, 1.165) is 12.3 Å². The summed E-state index contributed by atoms with van der Waals surface area (Å²) in [7, 11) is 0. The number of carbonyl (C=O) groups excluding carboxylic acids is 1. The molecule has 0 aromatic carbocycles. The lowest BCUT2D eigenvalue weighted by Crippen LogP contribution is -2.42. The smallest absolute Gasteiger partial charge is 0.233 e. The summed E-state index contributed by atoms with van der Waals surface area (Å²) >= 11 is 1.98. The average Bonchev–Trinajstić information content (AvgIpc) is 2.25. The molecule has 0 aliphatic carbocycles. The van der Waals surface area contributed by atoms with Crippen LogP contribution in [0, 0.1) is 5.92 Å². The molecule has 0 radical (unpaired) electrons. The monoisotopic (exact) mass is 230 g/mol. The molecule has 3 nitrogen and oxygen atoms in total. The van der Waals surface area contributed by atoms with E-state index in [1.807, 2.05) is 11.8 Å². The van der Waals surface area contributed by atoms with Crippen molar-refractivity contribution in [1.29, 1.82) is 0 Å². The lowest BCUT2D eigenvalue weighted by atomic mass is 10.2. The van der Waals surface area contributed by atoms with Crippen LogP contribution >= 0.6 is 11.8 Å². The second kappa shape index (κ2) is 7.12. The van der Waals surface area contributed by atoms with Crippen LogP contribution in [0.3, 0.4) is 0 Å². The molecule has 1 unspecified atom stereocenters. The summed E-state index contributed by atoms with van der Waals surface area (Å²) in [5.41, 5.74) is 0. The Hall–Kier alpha value is -0.220. The maximum absolute atomic E-state index is 11.4. The molecule has 88 valence electrons. The van der Waals surface area contributed by atoms with Gasteiger partial charge in [-0.2, -0.15) is 11.8 Å². The Kier molecular flexibility index (Phi) is 6.10. The fourth-order valence-corrected chi connectivity index (χ4v) is 2.63. The van der Waals surface area contributed by atoms with Gasteiger partial charge in [-0.05, 0) is 24.5 Å². The van der Waals surface area contributed by atoms with Gasteiger partial charge in [-0.15, -0.1) is 0 Å². The number of amides is 1. The van der Waals surface area contributed by atoms with Crippen LogP contribution < -0.4 is 10.6 Å². The van der Waals surface area contributed by atoms with Crippen molar-refractivity contribution in [3.8, 4) is 0 Å². The summed E-state index contributed by atoms with van der Waals surface area (Å²) in [6.07, 6.45) is 2.49. The fraction of sp³-hybridized carbons (Fsp3) is 0.909. The first-order valence-corrected chi connectivity index (χ1v) is 6.91. The Morgan fingerprint density at radius 2 is 2.33 bits per heavy atom. The first kappa shape index (κ1) is 12.8. The fourth-order valence-electron chi connectivity index (χ4n) is 1.52. The van der Waals surface area contributed by atoms with Crippen molar-refractivity contribution in [2.24, 2.45) is 5.92 Å². The minimum Gasteiger partial charge on any atom is -0.355 e. The maximum atomic E-state index is 11.4. The van der Waals surface area contributed by atoms with Gasteiger partial charge in [-0.3, -0.25) is 4.79 Å². The van der Waals surface area contributed by atoms with E-state index in [9.17, 15) is 4.79 Å². The van der Waals surface area contributed by atoms with Gasteiger partial charge in [0.05, 0.1) is 6.54 Å². The molecule has 1 amide bonds. The Morgan fingerprint density at radius 3 is 2.93 bits per heavy atom. The van der Waals surface area contributed by atoms with E-state index < -0.39 is 0 Å². The quantitative estimate of drug-likeness (QED) is 0.747. The van der Waals surface area contributed by atoms with Gasteiger partial charge in [0.25, 0.3) is 0 Å². The maximum Gasteiger partial charge on any atom is 0.233 e. The van der Waals surface area contributed by atoms with Gasteiger partial charge < -0.3 is 10.6 Å². The third kappa shape index (κ3) is 6.05. The highest BCUT2D eigenvalue weighted by Crippen LogP contribution is 2.16. The summed E-state index contributed by atoms with van der Waals surface area (Å²) in [5.74, 6) is 3.08. The van der Waals surface area contributed by atoms with Gasteiger partial charge in [-0.1, -0.05) is 13.8 Å². The number of rotatable bonds is 5. The molecular weight excluding hydrogens is 208 g/mol. The zero-order chi connectivity index (χ0) is 11.1. The topological polar surface area (TPSA) is 41.1 Å². The third-order valence-electron chi connectivity index (χ3n) is 2.42. The van der Waals surface area contributed by atoms with Crippen LogP contribution in [0.5, 0.6) is 0 Å². The highest BCUT2D eigenvalue weighted by molar-refractivity contribution is 7.99. The Labute approximate surface area is 96.8 Å². The van der Waals surface area contributed by atoms with E-state index in [1.165, 1.54) is 18.6 Å². The SMILES string of the molecule is CC(C)CNC(=O)CNC1CCCSC1. The van der Waals surface area contributed by atoms with Crippen molar-refractivity contribution >= 4 is 17.7 Å². The summed E-state index contributed by atoms with van der Waals surface area (Å²) < 4.78 is 0. The van der Waals surface area contributed by atoms with Crippen molar-refractivity contribution in [1.82, 2.24) is 10.6 Å². The van der Waals surface area contributed by atoms with Crippen molar-refractivity contribution in [3.63, 3.8) is 0 Å². The molecule has 1 saturated heterocycles. The summed E-state index contributed by atoms with van der Waals surface area (Å²) in [5, 5.41) is 6.23. The van der Waals surface area contributed by atoms with Crippen LogP contribution in [0.25, 0.3) is 0 Å². The average molecular weight is 230 g/mol. The molecule has 1 aliphatic heterocycles. The lowest BCUT2D eigenvalue weighted by molar-refractivity contribution is -0.120. The third-order valence-corrected chi connectivity index (χ3v) is 3.63. The minimum atomic E-state index is 0.124. The van der Waals surface area contributed by atoms with Crippen molar-refractivity contribution in [2.45, 2.75) is 32.7 Å². The lowest BCUT2D eigenvalue weighted by Gasteiger charge is -2.22. The van der Waals surface area contributed by atoms with Crippen molar-refractivity contribution in [2.75, 3.05) is 24.6 Å². The number of thioether (sulfide) groups is 1. The largest absolute Gasteiger partial charge is 0.355 e. The van der Waals surface area contributed by atoms with E-state index in [-0.39, 0.29) is 5.91 Å². The van der Waals surface area contributed by atoms with Crippen LogP contribution in [0.2, 0.25) is 0 Å². The Morgan fingerprint density at radius 1 is 1.53 bits per heavy atom. The van der Waals surface area contributed by atoms with E-state index in [4.69, 9.17) is 0 Å². The minimum absolute atomic E-state index is 0.124. The predicted octanol–water partition coefficient (Wildman–Crippen LogP) is 1.24. The molecule has 0 saturated carbocycles. The highest BCUT2D eigenvalue weighted by Gasteiger charge is 2.13. The van der Waals surface area contributed by atoms with Gasteiger partial charge in [-0.25, -0.2) is 0 Å². The van der Waals surface area contributed by atoms with Gasteiger partial charge in [0.2, 0.25) is 5.91 Å². The van der Waals surface area contributed by atoms with E-state index in [2.05, 4.69) is 24.5 Å². The van der Waals surface area contributed by atoms with Crippen molar-refractivity contribution in [3.05, 3.63) is 0 Å². The van der Waals surface area contributed by atoms with Crippen LogP contribution in [-0.4, -0.2) is 36.5 Å². The standard InChI is InChI=1S/C11H22N2OS/c1-9(2)6-13-11(14)7-12-10-4-3-5-15-8-10/h9-10,12H,3-8H2,1-2H3,(H,13,14). The molecule has 1 atom stereocenters. The van der Waals surface area contributed by atoms with E-state index >= 15 is 0 Å². The molecule has 1 fully saturated rings. The van der Waals surface area contributed by atoms with Gasteiger partial charge in [0, 0.05) is 18.3 Å². The number of hydrogen-bond donors (Lipinski definition) is 2. The van der Waals surface area contributed by atoms with Gasteiger partial charge in [0.15, 0.2) is 0 Å². The summed E-state index contributed by atoms with van der Waals surface area (Å²) in [6, 6.07) is 0.536. The molecule has 0 aromatic rings. The van der Waals surface area contributed by atoms with Gasteiger partial charge in [0.1, 0.15) is 0 Å². The number of hydrogen-bond acceptors (Lipinski definition) is 3. The second-order valence-corrected chi connectivity index (χ2v) is 5.64. The number of carbonyl (C=O) groups is 1. The van der Waals surface area contributed by atoms with Crippen molar-refractivity contribution < 1.29 is 4.79 Å². The molecule has 1 aliphatic rings. The van der Waals surface area contributed by atoms with Gasteiger partial charge >= 0.3 is 0 Å². The Bertz CT molecular complexity index is 191. The molecule has 15 heavy (non-hydrogen) atoms. The molecular formula is C11H22N2OS. The zero-order valence-electron chi connectivity index (χ0n) is 9.71. The first-order valence-electron chi connectivity index (χ1n) is 5.76. The van der Waals surface area contributed by atoms with E-state index in [0.29, 0.717) is 18.5 Å². The van der Waals surface area contributed by atoms with Crippen LogP contribution in [0.4, 0.5) is 0 Å². The normalized spacial score (nSPS) is 21.7. The summed E-state index contributed by atoms with van der Waals surface area (Å²) in [6.45, 7) is 5.45. The Balaban J connectivity index is 2.05. The molecule has 1 heterocycles. The van der Waals surface area contributed by atoms with Crippen LogP contribution in [0.15, 0.2) is 0 Å². The molecule has 4 heteroatoms. The molecule has 1 rings (SSSR count). The molecule has 0 aromatic heterocycles. The number of nitrogens with one attached hydrogen (secondary N) is 2. The molecule has 0 bridgehead atoms.